The van der Waals surface area contributed by atoms with E-state index >= 15 is 0 Å². The maximum Gasteiger partial charge on any atom is 0.254 e. The Labute approximate surface area is 115 Å². The molecule has 0 spiro atoms. The van der Waals surface area contributed by atoms with Crippen LogP contribution >= 0.6 is 0 Å². The molecule has 0 radical (unpaired) electrons. The Kier molecular flexibility index (Phi) is 6.51. The highest BCUT2D eigenvalue weighted by molar-refractivity contribution is 5.94. The van der Waals surface area contributed by atoms with Crippen molar-refractivity contribution >= 4 is 5.91 Å². The standard InChI is InChI=1S/C14H18F3NO2/c1-2-3-9(6-7-19)8-18-14(20)10-4-5-11(15)13(17)12(10)16/h4-5,9,19H,2-3,6-8H2,1H3,(H,18,20). The van der Waals surface area contributed by atoms with Crippen molar-refractivity contribution < 1.29 is 23.1 Å². The summed E-state index contributed by atoms with van der Waals surface area (Å²) in [5, 5.41) is 11.4. The number of nitrogens with one attached hydrogen (secondary N) is 1. The van der Waals surface area contributed by atoms with Crippen LogP contribution in [0.1, 0.15) is 36.5 Å². The number of benzene rings is 1. The minimum Gasteiger partial charge on any atom is -0.396 e. The van der Waals surface area contributed by atoms with E-state index in [1.165, 1.54) is 0 Å². The third kappa shape index (κ3) is 4.23. The Bertz CT molecular complexity index is 460. The molecule has 0 aliphatic heterocycles. The van der Waals surface area contributed by atoms with E-state index in [1.807, 2.05) is 6.92 Å². The fourth-order valence-electron chi connectivity index (χ4n) is 1.97. The summed E-state index contributed by atoms with van der Waals surface area (Å²) in [4.78, 5) is 11.7. The van der Waals surface area contributed by atoms with Gasteiger partial charge in [0.25, 0.3) is 5.91 Å². The molecule has 0 heterocycles. The lowest BCUT2D eigenvalue weighted by Gasteiger charge is -2.15. The summed E-state index contributed by atoms with van der Waals surface area (Å²) < 4.78 is 39.2. The molecule has 20 heavy (non-hydrogen) atoms. The van der Waals surface area contributed by atoms with E-state index in [0.717, 1.165) is 18.9 Å². The molecule has 0 aromatic heterocycles. The summed E-state index contributed by atoms with van der Waals surface area (Å²) in [6.45, 7) is 2.23. The largest absolute Gasteiger partial charge is 0.396 e. The zero-order chi connectivity index (χ0) is 15.1. The second-order valence-electron chi connectivity index (χ2n) is 4.60. The summed E-state index contributed by atoms with van der Waals surface area (Å²) in [6.07, 6.45) is 2.22. The Morgan fingerprint density at radius 1 is 1.25 bits per heavy atom. The van der Waals surface area contributed by atoms with Gasteiger partial charge in [-0.3, -0.25) is 4.79 Å². The molecular formula is C14H18F3NO2. The average molecular weight is 289 g/mol. The van der Waals surface area contributed by atoms with Crippen LogP contribution in [0.15, 0.2) is 12.1 Å². The smallest absolute Gasteiger partial charge is 0.254 e. The van der Waals surface area contributed by atoms with Gasteiger partial charge < -0.3 is 10.4 Å². The van der Waals surface area contributed by atoms with Crippen molar-refractivity contribution in [2.24, 2.45) is 5.92 Å². The molecule has 1 unspecified atom stereocenters. The first kappa shape index (κ1) is 16.5. The molecule has 1 aromatic rings. The van der Waals surface area contributed by atoms with Gasteiger partial charge in [-0.2, -0.15) is 0 Å². The molecule has 1 rings (SSSR count). The van der Waals surface area contributed by atoms with Gasteiger partial charge in [-0.05, 0) is 30.9 Å². The van der Waals surface area contributed by atoms with E-state index in [1.54, 1.807) is 0 Å². The predicted molar refractivity (Wildman–Crippen MR) is 68.8 cm³/mol. The van der Waals surface area contributed by atoms with E-state index < -0.39 is 28.9 Å². The van der Waals surface area contributed by atoms with Crippen molar-refractivity contribution in [1.82, 2.24) is 5.32 Å². The number of hydrogen-bond acceptors (Lipinski definition) is 2. The molecule has 2 N–H and O–H groups in total. The highest BCUT2D eigenvalue weighted by Crippen LogP contribution is 2.15. The molecule has 1 atom stereocenters. The first-order valence-electron chi connectivity index (χ1n) is 6.53. The average Bonchev–Trinajstić information content (AvgIpc) is 2.42. The van der Waals surface area contributed by atoms with Gasteiger partial charge in [0, 0.05) is 13.2 Å². The molecule has 0 saturated heterocycles. The van der Waals surface area contributed by atoms with Crippen molar-refractivity contribution in [2.75, 3.05) is 13.2 Å². The number of rotatable bonds is 7. The van der Waals surface area contributed by atoms with Gasteiger partial charge in [0.15, 0.2) is 17.5 Å². The zero-order valence-corrected chi connectivity index (χ0v) is 11.3. The van der Waals surface area contributed by atoms with E-state index in [4.69, 9.17) is 5.11 Å². The topological polar surface area (TPSA) is 49.3 Å². The van der Waals surface area contributed by atoms with Gasteiger partial charge in [-0.15, -0.1) is 0 Å². The lowest BCUT2D eigenvalue weighted by atomic mass is 10.00. The van der Waals surface area contributed by atoms with Crippen molar-refractivity contribution in [3.8, 4) is 0 Å². The van der Waals surface area contributed by atoms with Crippen LogP contribution in [0.2, 0.25) is 0 Å². The van der Waals surface area contributed by atoms with Crippen LogP contribution in [0.4, 0.5) is 13.2 Å². The molecule has 0 saturated carbocycles. The fraction of sp³-hybridized carbons (Fsp3) is 0.500. The Morgan fingerprint density at radius 2 is 1.95 bits per heavy atom. The molecule has 112 valence electrons. The maximum atomic E-state index is 13.4. The Morgan fingerprint density at radius 3 is 2.55 bits per heavy atom. The van der Waals surface area contributed by atoms with Crippen molar-refractivity contribution in [3.63, 3.8) is 0 Å². The molecule has 0 bridgehead atoms. The number of aliphatic hydroxyl groups excluding tert-OH is 1. The molecule has 0 aliphatic carbocycles. The Hall–Kier alpha value is -1.56. The SMILES string of the molecule is CCCC(CCO)CNC(=O)c1ccc(F)c(F)c1F. The molecule has 1 aromatic carbocycles. The monoisotopic (exact) mass is 289 g/mol. The van der Waals surface area contributed by atoms with Crippen LogP contribution in [0.5, 0.6) is 0 Å². The molecule has 0 fully saturated rings. The van der Waals surface area contributed by atoms with Gasteiger partial charge in [-0.25, -0.2) is 13.2 Å². The van der Waals surface area contributed by atoms with Crippen molar-refractivity contribution in [1.29, 1.82) is 0 Å². The highest BCUT2D eigenvalue weighted by atomic mass is 19.2. The molecule has 3 nitrogen and oxygen atoms in total. The van der Waals surface area contributed by atoms with Crippen LogP contribution < -0.4 is 5.32 Å². The first-order valence-corrected chi connectivity index (χ1v) is 6.53. The predicted octanol–water partition coefficient (Wildman–Crippen LogP) is 2.63. The molecule has 0 aliphatic rings. The number of halogens is 3. The van der Waals surface area contributed by atoms with Crippen LogP contribution in [-0.2, 0) is 0 Å². The van der Waals surface area contributed by atoms with Gasteiger partial charge in [0.05, 0.1) is 5.56 Å². The normalized spacial score (nSPS) is 12.2. The summed E-state index contributed by atoms with van der Waals surface area (Å²) in [6, 6.07) is 1.62. The van der Waals surface area contributed by atoms with Crippen LogP contribution in [0, 0.1) is 23.4 Å². The van der Waals surface area contributed by atoms with Gasteiger partial charge in [0.1, 0.15) is 0 Å². The minimum atomic E-state index is -1.65. The third-order valence-electron chi connectivity index (χ3n) is 3.07. The summed E-state index contributed by atoms with van der Waals surface area (Å²) in [7, 11) is 0. The lowest BCUT2D eigenvalue weighted by Crippen LogP contribution is -2.30. The van der Waals surface area contributed by atoms with Gasteiger partial charge in [-0.1, -0.05) is 13.3 Å². The first-order chi connectivity index (χ1) is 9.51. The zero-order valence-electron chi connectivity index (χ0n) is 11.3. The van der Waals surface area contributed by atoms with Crippen molar-refractivity contribution in [3.05, 3.63) is 35.1 Å². The quantitative estimate of drug-likeness (QED) is 0.758. The van der Waals surface area contributed by atoms with Crippen molar-refractivity contribution in [2.45, 2.75) is 26.2 Å². The highest BCUT2D eigenvalue weighted by Gasteiger charge is 2.19. The second kappa shape index (κ2) is 7.89. The number of aliphatic hydroxyl groups is 1. The van der Waals surface area contributed by atoms with Crippen LogP contribution in [-0.4, -0.2) is 24.2 Å². The lowest BCUT2D eigenvalue weighted by molar-refractivity contribution is 0.0937. The van der Waals surface area contributed by atoms with E-state index in [9.17, 15) is 18.0 Å². The second-order valence-corrected chi connectivity index (χ2v) is 4.60. The van der Waals surface area contributed by atoms with Crippen LogP contribution in [0.3, 0.4) is 0 Å². The molecule has 1 amide bonds. The minimum absolute atomic E-state index is 0.0000740. The number of hydrogen-bond donors (Lipinski definition) is 2. The van der Waals surface area contributed by atoms with Gasteiger partial charge >= 0.3 is 0 Å². The van der Waals surface area contributed by atoms with E-state index in [-0.39, 0.29) is 19.1 Å². The van der Waals surface area contributed by atoms with Gasteiger partial charge in [0.2, 0.25) is 0 Å². The maximum absolute atomic E-state index is 13.4. The number of amides is 1. The van der Waals surface area contributed by atoms with Crippen LogP contribution in [0.25, 0.3) is 0 Å². The summed E-state index contributed by atoms with van der Waals surface area (Å²) >= 11 is 0. The Balaban J connectivity index is 2.69. The summed E-state index contributed by atoms with van der Waals surface area (Å²) in [5.41, 5.74) is -0.525. The van der Waals surface area contributed by atoms with E-state index in [0.29, 0.717) is 12.5 Å². The summed E-state index contributed by atoms with van der Waals surface area (Å²) in [5.74, 6) is -5.19. The number of carbonyl (C=O) groups excluding carboxylic acids is 1. The fourth-order valence-corrected chi connectivity index (χ4v) is 1.97. The molecular weight excluding hydrogens is 271 g/mol. The molecule has 6 heteroatoms. The number of carbonyl (C=O) groups is 1. The third-order valence-corrected chi connectivity index (χ3v) is 3.07. The van der Waals surface area contributed by atoms with E-state index in [2.05, 4.69) is 5.32 Å².